The fourth-order valence-corrected chi connectivity index (χ4v) is 1.63. The van der Waals surface area contributed by atoms with Gasteiger partial charge in [-0.15, -0.1) is 0 Å². The molecule has 0 rings (SSSR count). The van der Waals surface area contributed by atoms with Crippen LogP contribution in [0.25, 0.3) is 0 Å². The summed E-state index contributed by atoms with van der Waals surface area (Å²) >= 11 is 0. The van der Waals surface area contributed by atoms with Gasteiger partial charge in [-0.2, -0.15) is 0 Å². The lowest BCUT2D eigenvalue weighted by atomic mass is 10.1. The van der Waals surface area contributed by atoms with Gasteiger partial charge in [0.1, 0.15) is 0 Å². The van der Waals surface area contributed by atoms with E-state index < -0.39 is 5.60 Å². The summed E-state index contributed by atoms with van der Waals surface area (Å²) < 4.78 is 0. The molecule has 4 nitrogen and oxygen atoms in total. The Labute approximate surface area is 105 Å². The van der Waals surface area contributed by atoms with Gasteiger partial charge >= 0.3 is 0 Å². The molecule has 17 heavy (non-hydrogen) atoms. The Morgan fingerprint density at radius 1 is 1.41 bits per heavy atom. The molecular formula is C13H28N2O2. The van der Waals surface area contributed by atoms with Crippen LogP contribution in [0.15, 0.2) is 0 Å². The molecule has 0 aliphatic rings. The van der Waals surface area contributed by atoms with Crippen LogP contribution in [0.3, 0.4) is 0 Å². The van der Waals surface area contributed by atoms with Gasteiger partial charge in [0, 0.05) is 25.6 Å². The van der Waals surface area contributed by atoms with Gasteiger partial charge in [0.2, 0.25) is 5.91 Å². The molecule has 4 heteroatoms. The fourth-order valence-electron chi connectivity index (χ4n) is 1.63. The highest BCUT2D eigenvalue weighted by atomic mass is 16.3. The van der Waals surface area contributed by atoms with Crippen molar-refractivity contribution >= 4 is 5.91 Å². The van der Waals surface area contributed by atoms with Crippen molar-refractivity contribution in [3.05, 3.63) is 0 Å². The van der Waals surface area contributed by atoms with Crippen molar-refractivity contribution in [3.63, 3.8) is 0 Å². The Balaban J connectivity index is 3.93. The molecule has 0 saturated heterocycles. The number of rotatable bonds is 8. The van der Waals surface area contributed by atoms with Crippen molar-refractivity contribution in [3.8, 4) is 0 Å². The second-order valence-corrected chi connectivity index (χ2v) is 5.43. The van der Waals surface area contributed by atoms with Gasteiger partial charge in [-0.3, -0.25) is 4.79 Å². The Kier molecular flexibility index (Phi) is 7.39. The minimum atomic E-state index is -0.818. The number of hydrogen-bond acceptors (Lipinski definition) is 3. The molecule has 0 aliphatic heterocycles. The Morgan fingerprint density at radius 3 is 2.41 bits per heavy atom. The minimum Gasteiger partial charge on any atom is -0.389 e. The SMILES string of the molecule is CCN(CC(C)(C)O)C(=O)CCCNC(C)C. The highest BCUT2D eigenvalue weighted by Gasteiger charge is 2.20. The molecule has 2 N–H and O–H groups in total. The van der Waals surface area contributed by atoms with Crippen LogP contribution in [-0.2, 0) is 4.79 Å². The molecule has 0 radical (unpaired) electrons. The molecule has 0 aromatic heterocycles. The third-order valence-electron chi connectivity index (χ3n) is 2.43. The van der Waals surface area contributed by atoms with Gasteiger partial charge in [0.15, 0.2) is 0 Å². The molecule has 0 atom stereocenters. The molecule has 0 spiro atoms. The van der Waals surface area contributed by atoms with E-state index in [1.54, 1.807) is 18.7 Å². The van der Waals surface area contributed by atoms with E-state index in [9.17, 15) is 9.90 Å². The normalized spacial score (nSPS) is 11.9. The third-order valence-corrected chi connectivity index (χ3v) is 2.43. The number of amides is 1. The first-order valence-corrected chi connectivity index (χ1v) is 6.49. The predicted octanol–water partition coefficient (Wildman–Crippen LogP) is 1.38. The summed E-state index contributed by atoms with van der Waals surface area (Å²) in [4.78, 5) is 13.6. The van der Waals surface area contributed by atoms with E-state index in [0.717, 1.165) is 13.0 Å². The van der Waals surface area contributed by atoms with Gasteiger partial charge in [0.25, 0.3) is 0 Å². The Hall–Kier alpha value is -0.610. The molecule has 0 fully saturated rings. The molecule has 0 aliphatic carbocycles. The van der Waals surface area contributed by atoms with Crippen LogP contribution in [0.1, 0.15) is 47.5 Å². The monoisotopic (exact) mass is 244 g/mol. The number of aliphatic hydroxyl groups is 1. The summed E-state index contributed by atoms with van der Waals surface area (Å²) in [7, 11) is 0. The zero-order chi connectivity index (χ0) is 13.5. The molecule has 0 aromatic carbocycles. The van der Waals surface area contributed by atoms with E-state index >= 15 is 0 Å². The second kappa shape index (κ2) is 7.67. The van der Waals surface area contributed by atoms with E-state index in [2.05, 4.69) is 19.2 Å². The molecule has 0 bridgehead atoms. The second-order valence-electron chi connectivity index (χ2n) is 5.43. The van der Waals surface area contributed by atoms with Crippen LogP contribution in [-0.4, -0.2) is 47.2 Å². The summed E-state index contributed by atoms with van der Waals surface area (Å²) in [6.07, 6.45) is 1.39. The number of carbonyl (C=O) groups is 1. The van der Waals surface area contributed by atoms with Crippen LogP contribution < -0.4 is 5.32 Å². The topological polar surface area (TPSA) is 52.6 Å². The van der Waals surface area contributed by atoms with E-state index in [1.165, 1.54) is 0 Å². The maximum Gasteiger partial charge on any atom is 0.222 e. The van der Waals surface area contributed by atoms with E-state index in [1.807, 2.05) is 6.92 Å². The lowest BCUT2D eigenvalue weighted by Crippen LogP contribution is -2.42. The molecule has 1 amide bonds. The number of likely N-dealkylation sites (N-methyl/N-ethyl adjacent to an activating group) is 1. The Bertz CT molecular complexity index is 222. The van der Waals surface area contributed by atoms with Crippen LogP contribution in [0.5, 0.6) is 0 Å². The highest BCUT2D eigenvalue weighted by Crippen LogP contribution is 2.07. The summed E-state index contributed by atoms with van der Waals surface area (Å²) in [5.74, 6) is 0.125. The lowest BCUT2D eigenvalue weighted by Gasteiger charge is -2.28. The van der Waals surface area contributed by atoms with Gasteiger partial charge in [-0.05, 0) is 33.7 Å². The first kappa shape index (κ1) is 16.4. The van der Waals surface area contributed by atoms with Gasteiger partial charge < -0.3 is 15.3 Å². The Morgan fingerprint density at radius 2 is 2.00 bits per heavy atom. The maximum atomic E-state index is 11.9. The molecule has 0 aromatic rings. The standard InChI is InChI=1S/C13H28N2O2/c1-6-15(10-13(4,5)17)12(16)8-7-9-14-11(2)3/h11,14,17H,6-10H2,1-5H3. The van der Waals surface area contributed by atoms with Gasteiger partial charge in [0.05, 0.1) is 5.60 Å². The smallest absolute Gasteiger partial charge is 0.222 e. The molecule has 0 saturated carbocycles. The number of hydrogen-bond donors (Lipinski definition) is 2. The summed E-state index contributed by atoms with van der Waals surface area (Å²) in [5, 5.41) is 13.0. The fraction of sp³-hybridized carbons (Fsp3) is 0.923. The third kappa shape index (κ3) is 9.12. The van der Waals surface area contributed by atoms with Crippen LogP contribution in [0, 0.1) is 0 Å². The van der Waals surface area contributed by atoms with Crippen LogP contribution in [0.2, 0.25) is 0 Å². The molecular weight excluding hydrogens is 216 g/mol. The zero-order valence-corrected chi connectivity index (χ0v) is 11.9. The average molecular weight is 244 g/mol. The molecule has 0 unspecified atom stereocenters. The van der Waals surface area contributed by atoms with Crippen LogP contribution >= 0.6 is 0 Å². The van der Waals surface area contributed by atoms with Gasteiger partial charge in [-0.1, -0.05) is 13.8 Å². The van der Waals surface area contributed by atoms with E-state index in [0.29, 0.717) is 25.6 Å². The molecule has 102 valence electrons. The van der Waals surface area contributed by atoms with Crippen molar-refractivity contribution < 1.29 is 9.90 Å². The zero-order valence-electron chi connectivity index (χ0n) is 11.9. The van der Waals surface area contributed by atoms with Crippen molar-refractivity contribution in [2.45, 2.75) is 59.1 Å². The van der Waals surface area contributed by atoms with E-state index in [-0.39, 0.29) is 5.91 Å². The highest BCUT2D eigenvalue weighted by molar-refractivity contribution is 5.76. The average Bonchev–Trinajstić information content (AvgIpc) is 2.19. The van der Waals surface area contributed by atoms with Crippen molar-refractivity contribution in [2.24, 2.45) is 0 Å². The summed E-state index contributed by atoms with van der Waals surface area (Å²) in [5.41, 5.74) is -0.818. The van der Waals surface area contributed by atoms with E-state index in [4.69, 9.17) is 0 Å². The molecule has 0 heterocycles. The van der Waals surface area contributed by atoms with Crippen LogP contribution in [0.4, 0.5) is 0 Å². The van der Waals surface area contributed by atoms with Gasteiger partial charge in [-0.25, -0.2) is 0 Å². The first-order valence-electron chi connectivity index (χ1n) is 6.49. The predicted molar refractivity (Wildman–Crippen MR) is 70.9 cm³/mol. The number of nitrogens with zero attached hydrogens (tertiary/aromatic N) is 1. The summed E-state index contributed by atoms with van der Waals surface area (Å²) in [6.45, 7) is 11.5. The maximum absolute atomic E-state index is 11.9. The van der Waals surface area contributed by atoms with Crippen molar-refractivity contribution in [1.82, 2.24) is 10.2 Å². The largest absolute Gasteiger partial charge is 0.389 e. The van der Waals surface area contributed by atoms with Crippen molar-refractivity contribution in [1.29, 1.82) is 0 Å². The first-order chi connectivity index (χ1) is 7.76. The number of nitrogens with one attached hydrogen (secondary N) is 1. The number of carbonyl (C=O) groups excluding carboxylic acids is 1. The van der Waals surface area contributed by atoms with Crippen molar-refractivity contribution in [2.75, 3.05) is 19.6 Å². The quantitative estimate of drug-likeness (QED) is 0.634. The lowest BCUT2D eigenvalue weighted by molar-refractivity contribution is -0.134. The minimum absolute atomic E-state index is 0.125. The summed E-state index contributed by atoms with van der Waals surface area (Å²) in [6, 6.07) is 0.462.